The van der Waals surface area contributed by atoms with Crippen LogP contribution in [0.15, 0.2) is 24.3 Å². The van der Waals surface area contributed by atoms with Gasteiger partial charge in [-0.1, -0.05) is 42.4 Å². The van der Waals surface area contributed by atoms with Crippen LogP contribution in [0.25, 0.3) is 0 Å². The third-order valence-electron chi connectivity index (χ3n) is 1.92. The van der Waals surface area contributed by atoms with Gasteiger partial charge in [-0.3, -0.25) is 4.79 Å². The third kappa shape index (κ3) is 2.75. The van der Waals surface area contributed by atoms with Gasteiger partial charge in [0.2, 0.25) is 0 Å². The zero-order chi connectivity index (χ0) is 9.84. The number of benzene rings is 1. The van der Waals surface area contributed by atoms with Gasteiger partial charge in [0, 0.05) is 5.02 Å². The summed E-state index contributed by atoms with van der Waals surface area (Å²) in [4.78, 5) is 11.3. The van der Waals surface area contributed by atoms with Crippen molar-refractivity contribution in [1.82, 2.24) is 0 Å². The van der Waals surface area contributed by atoms with Crippen molar-refractivity contribution in [2.24, 2.45) is 0 Å². The van der Waals surface area contributed by atoms with E-state index >= 15 is 0 Å². The van der Waals surface area contributed by atoms with Crippen LogP contribution in [0.2, 0.25) is 5.02 Å². The molecule has 3 heteroatoms. The van der Waals surface area contributed by atoms with Crippen molar-refractivity contribution >= 4 is 28.5 Å². The Morgan fingerprint density at radius 1 is 1.38 bits per heavy atom. The fourth-order valence-corrected chi connectivity index (χ4v) is 1.68. The second kappa shape index (κ2) is 4.68. The highest BCUT2D eigenvalue weighted by Gasteiger charge is 2.13. The number of hydrogen-bond donors (Lipinski definition) is 0. The van der Waals surface area contributed by atoms with E-state index in [1.165, 1.54) is 11.8 Å². The van der Waals surface area contributed by atoms with E-state index < -0.39 is 0 Å². The van der Waals surface area contributed by atoms with Gasteiger partial charge >= 0.3 is 0 Å². The van der Waals surface area contributed by atoms with E-state index in [1.54, 1.807) is 18.4 Å². The average Bonchev–Trinajstić information content (AvgIpc) is 2.17. The molecular weight excluding hydrogens is 204 g/mol. The molecule has 0 saturated heterocycles. The minimum atomic E-state index is -0.0488. The van der Waals surface area contributed by atoms with Crippen LogP contribution in [0.4, 0.5) is 0 Å². The summed E-state index contributed by atoms with van der Waals surface area (Å²) < 4.78 is 0. The Hall–Kier alpha value is -0.470. The maximum atomic E-state index is 11.3. The normalized spacial score (nSPS) is 12.5. The monoisotopic (exact) mass is 214 g/mol. The second-order valence-electron chi connectivity index (χ2n) is 2.80. The Balaban J connectivity index is 2.83. The molecule has 0 amide bonds. The Labute approximate surface area is 87.5 Å². The lowest BCUT2D eigenvalue weighted by atomic mass is 10.0. The van der Waals surface area contributed by atoms with Gasteiger partial charge in [-0.05, 0) is 24.0 Å². The van der Waals surface area contributed by atoms with Gasteiger partial charge in [0.05, 0.1) is 5.92 Å². The molecule has 0 N–H and O–H groups in total. The standard InChI is InChI=1S/C10H11ClOS/c1-7(10(12)13-2)8-3-5-9(11)6-4-8/h3-7H,1-2H3/t7-/m1/s1. The number of rotatable bonds is 2. The van der Waals surface area contributed by atoms with Crippen LogP contribution in [0.3, 0.4) is 0 Å². The molecule has 1 atom stereocenters. The lowest BCUT2D eigenvalue weighted by Crippen LogP contribution is -2.03. The van der Waals surface area contributed by atoms with Crippen LogP contribution < -0.4 is 0 Å². The van der Waals surface area contributed by atoms with Gasteiger partial charge in [-0.2, -0.15) is 0 Å². The molecule has 1 rings (SSSR count). The third-order valence-corrected chi connectivity index (χ3v) is 2.93. The highest BCUT2D eigenvalue weighted by molar-refractivity contribution is 8.13. The van der Waals surface area contributed by atoms with Crippen molar-refractivity contribution in [3.8, 4) is 0 Å². The molecule has 1 nitrogen and oxygen atoms in total. The van der Waals surface area contributed by atoms with Crippen molar-refractivity contribution in [3.63, 3.8) is 0 Å². The number of hydrogen-bond acceptors (Lipinski definition) is 2. The van der Waals surface area contributed by atoms with E-state index in [2.05, 4.69) is 0 Å². The Kier molecular flexibility index (Phi) is 3.82. The van der Waals surface area contributed by atoms with Crippen LogP contribution in [-0.2, 0) is 4.79 Å². The smallest absolute Gasteiger partial charge is 0.195 e. The summed E-state index contributed by atoms with van der Waals surface area (Å²) >= 11 is 7.00. The minimum Gasteiger partial charge on any atom is -0.287 e. The molecule has 0 unspecified atom stereocenters. The van der Waals surface area contributed by atoms with Gasteiger partial charge < -0.3 is 0 Å². The highest BCUT2D eigenvalue weighted by Crippen LogP contribution is 2.22. The lowest BCUT2D eigenvalue weighted by Gasteiger charge is -2.08. The second-order valence-corrected chi connectivity index (χ2v) is 4.04. The summed E-state index contributed by atoms with van der Waals surface area (Å²) in [6.45, 7) is 1.90. The molecule has 0 heterocycles. The zero-order valence-electron chi connectivity index (χ0n) is 7.58. The quantitative estimate of drug-likeness (QED) is 0.751. The number of carbonyl (C=O) groups excluding carboxylic acids is 1. The van der Waals surface area contributed by atoms with Gasteiger partial charge in [0.15, 0.2) is 5.12 Å². The predicted octanol–water partition coefficient (Wildman–Crippen LogP) is 3.33. The summed E-state index contributed by atoms with van der Waals surface area (Å²) in [6, 6.07) is 7.39. The summed E-state index contributed by atoms with van der Waals surface area (Å²) in [5.41, 5.74) is 1.02. The number of thioether (sulfide) groups is 1. The van der Waals surface area contributed by atoms with Crippen LogP contribution in [0, 0.1) is 0 Å². The van der Waals surface area contributed by atoms with Crippen molar-refractivity contribution in [1.29, 1.82) is 0 Å². The molecule has 0 aromatic heterocycles. The molecule has 0 saturated carbocycles. The van der Waals surface area contributed by atoms with Gasteiger partial charge in [-0.25, -0.2) is 0 Å². The molecule has 0 fully saturated rings. The summed E-state index contributed by atoms with van der Waals surface area (Å²) in [5, 5.41) is 0.884. The van der Waals surface area contributed by atoms with E-state index in [0.29, 0.717) is 5.02 Å². The largest absolute Gasteiger partial charge is 0.287 e. The molecule has 0 radical (unpaired) electrons. The first-order valence-electron chi connectivity index (χ1n) is 3.98. The van der Waals surface area contributed by atoms with Gasteiger partial charge in [0.1, 0.15) is 0 Å². The van der Waals surface area contributed by atoms with Crippen molar-refractivity contribution in [2.75, 3.05) is 6.26 Å². The van der Waals surface area contributed by atoms with E-state index in [9.17, 15) is 4.79 Å². The van der Waals surface area contributed by atoms with Crippen molar-refractivity contribution in [3.05, 3.63) is 34.9 Å². The molecule has 70 valence electrons. The Morgan fingerprint density at radius 3 is 2.38 bits per heavy atom. The fraction of sp³-hybridized carbons (Fsp3) is 0.300. The predicted molar refractivity (Wildman–Crippen MR) is 58.4 cm³/mol. The molecule has 13 heavy (non-hydrogen) atoms. The summed E-state index contributed by atoms with van der Waals surface area (Å²) in [5.74, 6) is -0.0488. The van der Waals surface area contributed by atoms with Crippen molar-refractivity contribution in [2.45, 2.75) is 12.8 Å². The molecule has 0 bridgehead atoms. The first kappa shape index (κ1) is 10.6. The maximum absolute atomic E-state index is 11.3. The molecule has 1 aromatic carbocycles. The van der Waals surface area contributed by atoms with Crippen molar-refractivity contribution < 1.29 is 4.79 Å². The molecule has 0 aliphatic rings. The topological polar surface area (TPSA) is 17.1 Å². The molecule has 0 aliphatic heterocycles. The summed E-state index contributed by atoms with van der Waals surface area (Å²) in [6.07, 6.45) is 1.80. The summed E-state index contributed by atoms with van der Waals surface area (Å²) in [7, 11) is 0. The molecular formula is C10H11ClOS. The molecule has 0 spiro atoms. The van der Waals surface area contributed by atoms with E-state index in [4.69, 9.17) is 11.6 Å². The SMILES string of the molecule is CSC(=O)[C@H](C)c1ccc(Cl)cc1. The van der Waals surface area contributed by atoms with Gasteiger partial charge in [-0.15, -0.1) is 0 Å². The minimum absolute atomic E-state index is 0.0488. The highest BCUT2D eigenvalue weighted by atomic mass is 35.5. The van der Waals surface area contributed by atoms with Gasteiger partial charge in [0.25, 0.3) is 0 Å². The molecule has 0 aliphatic carbocycles. The zero-order valence-corrected chi connectivity index (χ0v) is 9.15. The lowest BCUT2D eigenvalue weighted by molar-refractivity contribution is -0.111. The first-order chi connectivity index (χ1) is 6.15. The van der Waals surface area contributed by atoms with E-state index in [0.717, 1.165) is 5.56 Å². The maximum Gasteiger partial charge on any atom is 0.195 e. The number of carbonyl (C=O) groups is 1. The first-order valence-corrected chi connectivity index (χ1v) is 5.58. The van der Waals surface area contributed by atoms with Crippen LogP contribution in [0.5, 0.6) is 0 Å². The van der Waals surface area contributed by atoms with E-state index in [1.807, 2.05) is 19.1 Å². The average molecular weight is 215 g/mol. The van der Waals surface area contributed by atoms with Crippen LogP contribution in [0.1, 0.15) is 18.4 Å². The molecule has 1 aromatic rings. The fourth-order valence-electron chi connectivity index (χ4n) is 1.06. The van der Waals surface area contributed by atoms with E-state index in [-0.39, 0.29) is 11.0 Å². The Bertz CT molecular complexity index is 294. The van der Waals surface area contributed by atoms with Crippen LogP contribution >= 0.6 is 23.4 Å². The number of halogens is 1. The van der Waals surface area contributed by atoms with Crippen LogP contribution in [-0.4, -0.2) is 11.4 Å². The Morgan fingerprint density at radius 2 is 1.92 bits per heavy atom.